The van der Waals surface area contributed by atoms with Gasteiger partial charge in [-0.2, -0.15) is 0 Å². The van der Waals surface area contributed by atoms with Gasteiger partial charge in [0.1, 0.15) is 11.7 Å². The van der Waals surface area contributed by atoms with E-state index in [0.717, 1.165) is 16.9 Å². The molecule has 3 amide bonds. The molecule has 0 spiro atoms. The Morgan fingerprint density at radius 1 is 1.24 bits per heavy atom. The summed E-state index contributed by atoms with van der Waals surface area (Å²) >= 11 is 5.75. The summed E-state index contributed by atoms with van der Waals surface area (Å²) < 4.78 is 0. The van der Waals surface area contributed by atoms with Gasteiger partial charge in [-0.05, 0) is 29.9 Å². The normalized spacial score (nSPS) is 29.4. The minimum atomic E-state index is -0.267. The molecule has 4 unspecified atom stereocenters. The quantitative estimate of drug-likeness (QED) is 0.464. The van der Waals surface area contributed by atoms with Gasteiger partial charge in [-0.15, -0.1) is 0 Å². The van der Waals surface area contributed by atoms with Crippen LogP contribution in [0.3, 0.4) is 0 Å². The minimum absolute atomic E-state index is 0.157. The van der Waals surface area contributed by atoms with Crippen LogP contribution in [-0.4, -0.2) is 46.1 Å². The Morgan fingerprint density at radius 3 is 2.44 bits per heavy atom. The largest absolute Gasteiger partial charge is 0.340 e. The van der Waals surface area contributed by atoms with Crippen molar-refractivity contribution in [2.45, 2.75) is 13.0 Å². The van der Waals surface area contributed by atoms with Gasteiger partial charge >= 0.3 is 0 Å². The summed E-state index contributed by atoms with van der Waals surface area (Å²) in [5, 5.41) is 0.390. The Bertz CT molecular complexity index is 746. The highest BCUT2D eigenvalue weighted by Crippen LogP contribution is 2.52. The van der Waals surface area contributed by atoms with Gasteiger partial charge in [0.05, 0.1) is 11.8 Å². The van der Waals surface area contributed by atoms with Crippen LogP contribution in [0.15, 0.2) is 30.5 Å². The Hall–Kier alpha value is -2.21. The fourth-order valence-corrected chi connectivity index (χ4v) is 4.35. The Morgan fingerprint density at radius 2 is 1.88 bits per heavy atom. The smallest absolute Gasteiger partial charge is 0.242 e. The van der Waals surface area contributed by atoms with Crippen LogP contribution in [0.25, 0.3) is 0 Å². The first-order chi connectivity index (χ1) is 12.0. The SMILES string of the molecule is CN(Cc1ccc(Cl)nc1)C(=O)CN1C(=O)C2C3C=CC(C3)C2C1=O. The van der Waals surface area contributed by atoms with E-state index in [1.807, 2.05) is 12.2 Å². The monoisotopic (exact) mass is 359 g/mol. The molecule has 1 aromatic heterocycles. The van der Waals surface area contributed by atoms with Gasteiger partial charge in [-0.1, -0.05) is 29.8 Å². The number of rotatable bonds is 4. The molecule has 1 aliphatic heterocycles. The van der Waals surface area contributed by atoms with Gasteiger partial charge < -0.3 is 4.90 Å². The van der Waals surface area contributed by atoms with Gasteiger partial charge in [0.15, 0.2) is 0 Å². The van der Waals surface area contributed by atoms with Gasteiger partial charge in [0, 0.05) is 19.8 Å². The van der Waals surface area contributed by atoms with Crippen molar-refractivity contribution in [1.82, 2.24) is 14.8 Å². The zero-order valence-electron chi connectivity index (χ0n) is 13.8. The number of carbonyl (C=O) groups is 3. The lowest BCUT2D eigenvalue weighted by Crippen LogP contribution is -2.42. The zero-order valence-corrected chi connectivity index (χ0v) is 14.5. The molecule has 1 saturated heterocycles. The lowest BCUT2D eigenvalue weighted by molar-refractivity contribution is -0.146. The van der Waals surface area contributed by atoms with E-state index in [-0.39, 0.29) is 47.9 Å². The lowest BCUT2D eigenvalue weighted by atomic mass is 9.85. The molecule has 0 N–H and O–H groups in total. The van der Waals surface area contributed by atoms with E-state index in [9.17, 15) is 14.4 Å². The summed E-state index contributed by atoms with van der Waals surface area (Å²) in [5.74, 6) is -0.864. The Labute approximate surface area is 150 Å². The summed E-state index contributed by atoms with van der Waals surface area (Å²) in [6.45, 7) is 0.153. The van der Waals surface area contributed by atoms with Crippen LogP contribution in [0.5, 0.6) is 0 Å². The van der Waals surface area contributed by atoms with Crippen LogP contribution >= 0.6 is 11.6 Å². The number of imide groups is 1. The standard InChI is InChI=1S/C18H18ClN3O3/c1-21(8-10-2-5-13(19)20-7-10)14(23)9-22-17(24)15-11-3-4-12(6-11)16(15)18(22)25/h2-5,7,11-12,15-16H,6,8-9H2,1H3. The molecular formula is C18H18ClN3O3. The predicted octanol–water partition coefficient (Wildman–Crippen LogP) is 1.50. The van der Waals surface area contributed by atoms with Crippen LogP contribution in [-0.2, 0) is 20.9 Å². The third-order valence-corrected chi connectivity index (χ3v) is 5.71. The third-order valence-electron chi connectivity index (χ3n) is 5.49. The van der Waals surface area contributed by atoms with E-state index in [2.05, 4.69) is 4.98 Å². The number of fused-ring (bicyclic) bond motifs is 5. The van der Waals surface area contributed by atoms with Crippen LogP contribution in [0, 0.1) is 23.7 Å². The number of hydrogen-bond acceptors (Lipinski definition) is 4. The van der Waals surface area contributed by atoms with Crippen LogP contribution in [0.2, 0.25) is 5.15 Å². The topological polar surface area (TPSA) is 70.6 Å². The molecule has 130 valence electrons. The second-order valence-corrected chi connectivity index (χ2v) is 7.39. The van der Waals surface area contributed by atoms with Crippen molar-refractivity contribution in [1.29, 1.82) is 0 Å². The summed E-state index contributed by atoms with van der Waals surface area (Å²) in [7, 11) is 1.65. The highest BCUT2D eigenvalue weighted by molar-refractivity contribution is 6.29. The summed E-state index contributed by atoms with van der Waals surface area (Å²) in [6, 6.07) is 3.45. The molecule has 7 heteroatoms. The number of aromatic nitrogens is 1. The van der Waals surface area contributed by atoms with Crippen molar-refractivity contribution in [3.05, 3.63) is 41.2 Å². The van der Waals surface area contributed by atoms with Gasteiger partial charge in [-0.25, -0.2) is 4.98 Å². The molecule has 4 atom stereocenters. The number of pyridine rings is 1. The highest BCUT2D eigenvalue weighted by atomic mass is 35.5. The second-order valence-electron chi connectivity index (χ2n) is 7.00. The maximum absolute atomic E-state index is 12.6. The molecule has 2 bridgehead atoms. The van der Waals surface area contributed by atoms with Crippen molar-refractivity contribution < 1.29 is 14.4 Å². The number of nitrogens with zero attached hydrogens (tertiary/aromatic N) is 3. The molecule has 2 heterocycles. The number of likely N-dealkylation sites (N-methyl/N-ethyl adjacent to an activating group) is 1. The molecule has 2 aliphatic carbocycles. The number of hydrogen-bond donors (Lipinski definition) is 0. The van der Waals surface area contributed by atoms with Gasteiger partial charge in [0.25, 0.3) is 0 Å². The molecule has 0 radical (unpaired) electrons. The molecule has 4 rings (SSSR count). The minimum Gasteiger partial charge on any atom is -0.340 e. The summed E-state index contributed by atoms with van der Waals surface area (Å²) in [4.78, 5) is 44.3. The lowest BCUT2D eigenvalue weighted by Gasteiger charge is -2.22. The average Bonchev–Trinajstić information content (AvgIpc) is 3.26. The molecule has 3 aliphatic rings. The zero-order chi connectivity index (χ0) is 17.7. The first-order valence-corrected chi connectivity index (χ1v) is 8.71. The molecule has 2 fully saturated rings. The summed E-state index contributed by atoms with van der Waals surface area (Å²) in [6.07, 6.45) is 6.58. The average molecular weight is 360 g/mol. The molecule has 1 saturated carbocycles. The van der Waals surface area contributed by atoms with E-state index in [0.29, 0.717) is 11.7 Å². The van der Waals surface area contributed by atoms with E-state index in [1.54, 1.807) is 25.4 Å². The van der Waals surface area contributed by atoms with Crippen molar-refractivity contribution in [2.75, 3.05) is 13.6 Å². The Kier molecular flexibility index (Phi) is 3.87. The fraction of sp³-hybridized carbons (Fsp3) is 0.444. The number of likely N-dealkylation sites (tertiary alicyclic amines) is 1. The maximum Gasteiger partial charge on any atom is 0.242 e. The molecule has 0 aromatic carbocycles. The maximum atomic E-state index is 12.6. The number of halogens is 1. The predicted molar refractivity (Wildman–Crippen MR) is 90.2 cm³/mol. The van der Waals surface area contributed by atoms with Crippen LogP contribution in [0.4, 0.5) is 0 Å². The van der Waals surface area contributed by atoms with E-state index in [4.69, 9.17) is 11.6 Å². The Balaban J connectivity index is 1.42. The number of allylic oxidation sites excluding steroid dienone is 2. The molecule has 6 nitrogen and oxygen atoms in total. The van der Waals surface area contributed by atoms with Gasteiger partial charge in [0.2, 0.25) is 17.7 Å². The van der Waals surface area contributed by atoms with E-state index >= 15 is 0 Å². The fourth-order valence-electron chi connectivity index (χ4n) is 4.24. The van der Waals surface area contributed by atoms with Crippen LogP contribution < -0.4 is 0 Å². The van der Waals surface area contributed by atoms with Gasteiger partial charge in [-0.3, -0.25) is 19.3 Å². The number of carbonyl (C=O) groups excluding carboxylic acids is 3. The van der Waals surface area contributed by atoms with Crippen molar-refractivity contribution in [3.63, 3.8) is 0 Å². The number of amides is 3. The third kappa shape index (κ3) is 2.65. The molecule has 25 heavy (non-hydrogen) atoms. The van der Waals surface area contributed by atoms with E-state index in [1.165, 1.54) is 4.90 Å². The van der Waals surface area contributed by atoms with E-state index < -0.39 is 0 Å². The van der Waals surface area contributed by atoms with Crippen molar-refractivity contribution >= 4 is 29.3 Å². The first-order valence-electron chi connectivity index (χ1n) is 8.33. The van der Waals surface area contributed by atoms with Crippen molar-refractivity contribution in [2.24, 2.45) is 23.7 Å². The van der Waals surface area contributed by atoms with Crippen LogP contribution in [0.1, 0.15) is 12.0 Å². The highest BCUT2D eigenvalue weighted by Gasteiger charge is 2.59. The molecular weight excluding hydrogens is 342 g/mol. The second kappa shape index (κ2) is 5.95. The van der Waals surface area contributed by atoms with Crippen molar-refractivity contribution in [3.8, 4) is 0 Å². The summed E-state index contributed by atoms with van der Waals surface area (Å²) in [5.41, 5.74) is 0.832. The first kappa shape index (κ1) is 16.3. The molecule has 1 aromatic rings.